The Morgan fingerprint density at radius 3 is 2.69 bits per heavy atom. The minimum Gasteiger partial charge on any atom is -0.398 e. The van der Waals surface area contributed by atoms with E-state index in [9.17, 15) is 0 Å². The number of ether oxygens (including phenoxy) is 1. The van der Waals surface area contributed by atoms with Crippen LogP contribution in [0.3, 0.4) is 0 Å². The van der Waals surface area contributed by atoms with Gasteiger partial charge in [-0.05, 0) is 25.3 Å². The maximum Gasteiger partial charge on any atom is 0.130 e. The van der Waals surface area contributed by atoms with Crippen LogP contribution in [0, 0.1) is 6.92 Å². The maximum absolute atomic E-state index is 5.91. The van der Waals surface area contributed by atoms with Gasteiger partial charge in [-0.25, -0.2) is 4.98 Å². The molecule has 2 aliphatic rings. The van der Waals surface area contributed by atoms with Gasteiger partial charge < -0.3 is 15.4 Å². The fourth-order valence-corrected chi connectivity index (χ4v) is 2.50. The van der Waals surface area contributed by atoms with E-state index in [1.807, 2.05) is 19.2 Å². The lowest BCUT2D eigenvalue weighted by Gasteiger charge is -2.33. The van der Waals surface area contributed by atoms with E-state index in [1.165, 1.54) is 12.8 Å². The molecule has 86 valence electrons. The molecule has 4 nitrogen and oxygen atoms in total. The van der Waals surface area contributed by atoms with Crippen LogP contribution in [0.5, 0.6) is 0 Å². The second-order valence-electron chi connectivity index (χ2n) is 4.76. The normalized spacial score (nSPS) is 28.4. The van der Waals surface area contributed by atoms with E-state index in [2.05, 4.69) is 9.88 Å². The van der Waals surface area contributed by atoms with Crippen LogP contribution in [0.4, 0.5) is 11.5 Å². The Bertz CT molecular complexity index is 395. The minimum atomic E-state index is 0.392. The molecule has 2 saturated heterocycles. The fraction of sp³-hybridized carbons (Fsp3) is 0.583. The van der Waals surface area contributed by atoms with Crippen LogP contribution >= 0.6 is 0 Å². The van der Waals surface area contributed by atoms with E-state index in [0.717, 1.165) is 30.2 Å². The number of hydrogen-bond donors (Lipinski definition) is 1. The van der Waals surface area contributed by atoms with Crippen molar-refractivity contribution in [2.24, 2.45) is 0 Å². The zero-order valence-corrected chi connectivity index (χ0v) is 9.52. The fourth-order valence-electron chi connectivity index (χ4n) is 2.50. The van der Waals surface area contributed by atoms with Gasteiger partial charge in [0.05, 0.1) is 12.2 Å². The molecule has 0 saturated carbocycles. The summed E-state index contributed by atoms with van der Waals surface area (Å²) in [6.07, 6.45) is 5.00. The van der Waals surface area contributed by atoms with Gasteiger partial charge in [-0.1, -0.05) is 0 Å². The van der Waals surface area contributed by atoms with Gasteiger partial charge in [0.25, 0.3) is 0 Å². The molecule has 2 bridgehead atoms. The van der Waals surface area contributed by atoms with Crippen LogP contribution in [-0.4, -0.2) is 30.3 Å². The van der Waals surface area contributed by atoms with Crippen LogP contribution in [-0.2, 0) is 4.74 Å². The highest BCUT2D eigenvalue weighted by molar-refractivity contribution is 5.55. The number of nitrogen functional groups attached to an aromatic ring is 1. The summed E-state index contributed by atoms with van der Waals surface area (Å²) in [6.45, 7) is 3.88. The molecule has 1 aromatic heterocycles. The third-order valence-corrected chi connectivity index (χ3v) is 3.50. The number of nitrogens with two attached hydrogens (primary N) is 1. The van der Waals surface area contributed by atoms with E-state index >= 15 is 0 Å². The van der Waals surface area contributed by atoms with Crippen LogP contribution < -0.4 is 10.6 Å². The van der Waals surface area contributed by atoms with Crippen molar-refractivity contribution >= 4 is 11.5 Å². The van der Waals surface area contributed by atoms with E-state index in [-0.39, 0.29) is 0 Å². The van der Waals surface area contributed by atoms with Crippen LogP contribution in [0.15, 0.2) is 12.3 Å². The van der Waals surface area contributed by atoms with E-state index < -0.39 is 0 Å². The quantitative estimate of drug-likeness (QED) is 0.774. The van der Waals surface area contributed by atoms with Crippen molar-refractivity contribution in [3.05, 3.63) is 17.8 Å². The molecule has 0 aliphatic carbocycles. The second-order valence-corrected chi connectivity index (χ2v) is 4.76. The number of hydrogen-bond acceptors (Lipinski definition) is 4. The van der Waals surface area contributed by atoms with Crippen LogP contribution in [0.1, 0.15) is 18.4 Å². The summed E-state index contributed by atoms with van der Waals surface area (Å²) >= 11 is 0. The minimum absolute atomic E-state index is 0.392. The van der Waals surface area contributed by atoms with Gasteiger partial charge in [0.1, 0.15) is 5.82 Å². The standard InChI is InChI=1S/C12H17N3O/c1-8-5-14-12(4-11(8)13)15-6-9-2-3-10(7-15)16-9/h4-5,9-10H,2-3,6-7H2,1H3,(H2,13,14). The summed E-state index contributed by atoms with van der Waals surface area (Å²) in [5.74, 6) is 0.989. The highest BCUT2D eigenvalue weighted by atomic mass is 16.5. The van der Waals surface area contributed by atoms with Gasteiger partial charge in [0.2, 0.25) is 0 Å². The van der Waals surface area contributed by atoms with Crippen molar-refractivity contribution in [3.63, 3.8) is 0 Å². The van der Waals surface area contributed by atoms with E-state index in [1.54, 1.807) is 0 Å². The van der Waals surface area contributed by atoms with Gasteiger partial charge in [-0.15, -0.1) is 0 Å². The molecule has 3 heterocycles. The van der Waals surface area contributed by atoms with Crippen LogP contribution in [0.25, 0.3) is 0 Å². The first-order chi connectivity index (χ1) is 7.72. The lowest BCUT2D eigenvalue weighted by molar-refractivity contribution is 0.0302. The largest absolute Gasteiger partial charge is 0.398 e. The van der Waals surface area contributed by atoms with Crippen molar-refractivity contribution in [2.75, 3.05) is 23.7 Å². The van der Waals surface area contributed by atoms with Gasteiger partial charge in [-0.3, -0.25) is 0 Å². The molecule has 2 atom stereocenters. The summed E-state index contributed by atoms with van der Waals surface area (Å²) in [5, 5.41) is 0. The number of rotatable bonds is 1. The average molecular weight is 219 g/mol. The van der Waals surface area contributed by atoms with Crippen molar-refractivity contribution in [1.82, 2.24) is 4.98 Å². The third kappa shape index (κ3) is 1.63. The first kappa shape index (κ1) is 9.90. The number of aryl methyl sites for hydroxylation is 1. The molecule has 0 radical (unpaired) electrons. The molecule has 16 heavy (non-hydrogen) atoms. The molecule has 2 N–H and O–H groups in total. The summed E-state index contributed by atoms with van der Waals surface area (Å²) in [7, 11) is 0. The van der Waals surface area contributed by atoms with Gasteiger partial charge in [0, 0.05) is 31.0 Å². The van der Waals surface area contributed by atoms with Gasteiger partial charge >= 0.3 is 0 Å². The first-order valence-corrected chi connectivity index (χ1v) is 5.85. The molecule has 3 rings (SSSR count). The number of fused-ring (bicyclic) bond motifs is 2. The smallest absolute Gasteiger partial charge is 0.130 e. The van der Waals surface area contributed by atoms with Crippen molar-refractivity contribution < 1.29 is 4.74 Å². The average Bonchev–Trinajstić information content (AvgIpc) is 2.62. The topological polar surface area (TPSA) is 51.4 Å². The molecule has 4 heteroatoms. The molecule has 2 fully saturated rings. The summed E-state index contributed by atoms with van der Waals surface area (Å²) in [5.41, 5.74) is 7.78. The number of anilines is 2. The molecule has 0 amide bonds. The predicted octanol–water partition coefficient (Wildman–Crippen LogP) is 1.34. The Morgan fingerprint density at radius 1 is 1.38 bits per heavy atom. The molecule has 0 aromatic carbocycles. The molecule has 2 unspecified atom stereocenters. The van der Waals surface area contributed by atoms with Gasteiger partial charge in [0.15, 0.2) is 0 Å². The summed E-state index contributed by atoms with van der Waals surface area (Å²) in [4.78, 5) is 6.74. The Labute approximate surface area is 95.4 Å². The summed E-state index contributed by atoms with van der Waals surface area (Å²) in [6, 6.07) is 1.97. The highest BCUT2D eigenvalue weighted by Gasteiger charge is 2.34. The van der Waals surface area contributed by atoms with Crippen molar-refractivity contribution in [1.29, 1.82) is 0 Å². The molecule has 1 aromatic rings. The number of morpholine rings is 1. The predicted molar refractivity (Wildman–Crippen MR) is 63.5 cm³/mol. The van der Waals surface area contributed by atoms with E-state index in [4.69, 9.17) is 10.5 Å². The maximum atomic E-state index is 5.91. The second kappa shape index (κ2) is 3.63. The Morgan fingerprint density at radius 2 is 2.06 bits per heavy atom. The third-order valence-electron chi connectivity index (χ3n) is 3.50. The molecular weight excluding hydrogens is 202 g/mol. The highest BCUT2D eigenvalue weighted by Crippen LogP contribution is 2.29. The Balaban J connectivity index is 1.84. The van der Waals surface area contributed by atoms with Crippen molar-refractivity contribution in [3.8, 4) is 0 Å². The summed E-state index contributed by atoms with van der Waals surface area (Å²) < 4.78 is 5.80. The lowest BCUT2D eigenvalue weighted by atomic mass is 10.2. The molecular formula is C12H17N3O. The van der Waals surface area contributed by atoms with Crippen LogP contribution in [0.2, 0.25) is 0 Å². The SMILES string of the molecule is Cc1cnc(N2CC3CCC(C2)O3)cc1N. The Kier molecular flexibility index (Phi) is 2.24. The molecule has 2 aliphatic heterocycles. The lowest BCUT2D eigenvalue weighted by Crippen LogP contribution is -2.43. The first-order valence-electron chi connectivity index (χ1n) is 5.85. The number of nitrogens with zero attached hydrogens (tertiary/aromatic N) is 2. The molecule has 0 spiro atoms. The zero-order valence-electron chi connectivity index (χ0n) is 9.52. The zero-order chi connectivity index (χ0) is 11.1. The number of aromatic nitrogens is 1. The Hall–Kier alpha value is -1.29. The van der Waals surface area contributed by atoms with Crippen molar-refractivity contribution in [2.45, 2.75) is 32.0 Å². The monoisotopic (exact) mass is 219 g/mol. The number of pyridine rings is 1. The van der Waals surface area contributed by atoms with E-state index in [0.29, 0.717) is 12.2 Å². The van der Waals surface area contributed by atoms with Gasteiger partial charge in [-0.2, -0.15) is 0 Å².